The van der Waals surface area contributed by atoms with Gasteiger partial charge >= 0.3 is 0 Å². The lowest BCUT2D eigenvalue weighted by atomic mass is 10.1. The zero-order valence-electron chi connectivity index (χ0n) is 16.6. The quantitative estimate of drug-likeness (QED) is 0.529. The number of aromatic nitrogens is 3. The van der Waals surface area contributed by atoms with E-state index in [0.717, 1.165) is 49.8 Å². The van der Waals surface area contributed by atoms with Crippen molar-refractivity contribution in [2.24, 2.45) is 0 Å². The van der Waals surface area contributed by atoms with Gasteiger partial charge in [-0.3, -0.25) is 4.90 Å². The molecular weight excluding hydrogens is 372 g/mol. The van der Waals surface area contributed by atoms with Crippen molar-refractivity contribution in [1.29, 1.82) is 5.26 Å². The van der Waals surface area contributed by atoms with Crippen LogP contribution < -0.4 is 4.90 Å². The third-order valence-corrected chi connectivity index (χ3v) is 5.60. The molecule has 148 valence electrons. The average molecular weight is 394 g/mol. The monoisotopic (exact) mass is 394 g/mol. The molecule has 0 N–H and O–H groups in total. The first kappa shape index (κ1) is 18.3. The Labute approximate surface area is 175 Å². The van der Waals surface area contributed by atoms with Gasteiger partial charge < -0.3 is 4.90 Å². The number of nitrogens with zero attached hydrogens (tertiary/aromatic N) is 6. The van der Waals surface area contributed by atoms with E-state index in [1.54, 1.807) is 10.7 Å². The maximum atomic E-state index is 9.86. The summed E-state index contributed by atoms with van der Waals surface area (Å²) in [6.07, 6.45) is 1.75. The van der Waals surface area contributed by atoms with Gasteiger partial charge in [0.05, 0.1) is 5.69 Å². The fraction of sp³-hybridized carbons (Fsp3) is 0.208. The van der Waals surface area contributed by atoms with Crippen LogP contribution in [0.1, 0.15) is 11.1 Å². The van der Waals surface area contributed by atoms with E-state index >= 15 is 0 Å². The predicted molar refractivity (Wildman–Crippen MR) is 117 cm³/mol. The lowest BCUT2D eigenvalue weighted by Gasteiger charge is -2.34. The maximum absolute atomic E-state index is 9.86. The Kier molecular flexibility index (Phi) is 4.88. The topological polar surface area (TPSA) is 60.5 Å². The van der Waals surface area contributed by atoms with Crippen molar-refractivity contribution >= 4 is 11.5 Å². The Hall–Kier alpha value is -3.69. The molecule has 0 radical (unpaired) electrons. The number of hydrogen-bond acceptors (Lipinski definition) is 5. The molecule has 5 rings (SSSR count). The number of anilines is 1. The van der Waals surface area contributed by atoms with Gasteiger partial charge in [-0.15, -0.1) is 5.10 Å². The number of benzene rings is 2. The van der Waals surface area contributed by atoms with Crippen LogP contribution in [0.4, 0.5) is 5.82 Å². The molecule has 3 heterocycles. The van der Waals surface area contributed by atoms with Crippen molar-refractivity contribution in [3.05, 3.63) is 84.1 Å². The van der Waals surface area contributed by atoms with E-state index < -0.39 is 0 Å². The van der Waals surface area contributed by atoms with Crippen LogP contribution in [0.25, 0.3) is 16.9 Å². The fourth-order valence-electron chi connectivity index (χ4n) is 4.04. The van der Waals surface area contributed by atoms with Crippen LogP contribution >= 0.6 is 0 Å². The summed E-state index contributed by atoms with van der Waals surface area (Å²) in [6.45, 7) is 4.50. The van der Waals surface area contributed by atoms with Crippen LogP contribution in [0.5, 0.6) is 0 Å². The molecule has 2 aromatic heterocycles. The molecule has 0 spiro atoms. The minimum absolute atomic E-state index is 0.546. The van der Waals surface area contributed by atoms with Crippen LogP contribution in [0.2, 0.25) is 0 Å². The number of piperazine rings is 1. The van der Waals surface area contributed by atoms with Crippen LogP contribution in [-0.4, -0.2) is 45.7 Å². The summed E-state index contributed by atoms with van der Waals surface area (Å²) in [5.74, 6) is 0.729. The Morgan fingerprint density at radius 2 is 1.57 bits per heavy atom. The second kappa shape index (κ2) is 7.97. The second-order valence-electron chi connectivity index (χ2n) is 7.49. The summed E-state index contributed by atoms with van der Waals surface area (Å²) in [5, 5.41) is 14.7. The Morgan fingerprint density at radius 1 is 0.867 bits per heavy atom. The first-order chi connectivity index (χ1) is 14.8. The highest BCUT2D eigenvalue weighted by Crippen LogP contribution is 2.27. The van der Waals surface area contributed by atoms with Gasteiger partial charge in [0.1, 0.15) is 11.6 Å². The van der Waals surface area contributed by atoms with Crippen molar-refractivity contribution in [3.63, 3.8) is 0 Å². The van der Waals surface area contributed by atoms with E-state index in [0.29, 0.717) is 11.2 Å². The number of rotatable bonds is 4. The molecule has 30 heavy (non-hydrogen) atoms. The van der Waals surface area contributed by atoms with Crippen LogP contribution in [0, 0.1) is 11.3 Å². The number of nitriles is 1. The van der Waals surface area contributed by atoms with Crippen LogP contribution in [0.15, 0.2) is 72.9 Å². The summed E-state index contributed by atoms with van der Waals surface area (Å²) < 4.78 is 1.81. The molecule has 2 aromatic carbocycles. The summed E-state index contributed by atoms with van der Waals surface area (Å²) in [4.78, 5) is 9.12. The van der Waals surface area contributed by atoms with E-state index in [-0.39, 0.29) is 0 Å². The van der Waals surface area contributed by atoms with Crippen LogP contribution in [-0.2, 0) is 6.54 Å². The minimum Gasteiger partial charge on any atom is -0.351 e. The molecule has 0 amide bonds. The van der Waals surface area contributed by atoms with E-state index in [9.17, 15) is 5.26 Å². The largest absolute Gasteiger partial charge is 0.351 e. The zero-order valence-corrected chi connectivity index (χ0v) is 16.6. The van der Waals surface area contributed by atoms with Gasteiger partial charge in [-0.25, -0.2) is 9.50 Å². The average Bonchev–Trinajstić information content (AvgIpc) is 3.19. The van der Waals surface area contributed by atoms with Crippen molar-refractivity contribution in [1.82, 2.24) is 19.5 Å². The SMILES string of the molecule is N#Cc1c(N2CCN(Cc3ccccc3)CC2)nn2c(-c3ccccc3)ccnc12. The van der Waals surface area contributed by atoms with Crippen LogP contribution in [0.3, 0.4) is 0 Å². The third-order valence-electron chi connectivity index (χ3n) is 5.60. The number of hydrogen-bond donors (Lipinski definition) is 0. The molecule has 0 saturated carbocycles. The molecule has 0 aliphatic carbocycles. The third kappa shape index (κ3) is 3.40. The van der Waals surface area contributed by atoms with Gasteiger partial charge in [-0.05, 0) is 11.6 Å². The van der Waals surface area contributed by atoms with E-state index in [1.807, 2.05) is 42.5 Å². The molecule has 1 aliphatic heterocycles. The second-order valence-corrected chi connectivity index (χ2v) is 7.49. The van der Waals surface area contributed by atoms with E-state index in [1.165, 1.54) is 5.56 Å². The normalized spacial score (nSPS) is 14.7. The summed E-state index contributed by atoms with van der Waals surface area (Å²) in [7, 11) is 0. The molecule has 0 unspecified atom stereocenters. The Morgan fingerprint density at radius 3 is 2.27 bits per heavy atom. The zero-order chi connectivity index (χ0) is 20.3. The molecule has 4 aromatic rings. The standard InChI is InChI=1S/C24H22N6/c25-17-21-23-26-12-11-22(20-9-5-2-6-10-20)30(23)27-24(21)29-15-13-28(14-16-29)18-19-7-3-1-4-8-19/h1-12H,13-16,18H2. The fourth-order valence-corrected chi connectivity index (χ4v) is 4.04. The highest BCUT2D eigenvalue weighted by atomic mass is 15.4. The first-order valence-electron chi connectivity index (χ1n) is 10.2. The Balaban J connectivity index is 1.42. The molecule has 6 heteroatoms. The molecule has 6 nitrogen and oxygen atoms in total. The molecular formula is C24H22N6. The van der Waals surface area contributed by atoms with Gasteiger partial charge in [-0.1, -0.05) is 60.7 Å². The highest BCUT2D eigenvalue weighted by Gasteiger charge is 2.25. The summed E-state index contributed by atoms with van der Waals surface area (Å²) in [5.41, 5.74) is 4.47. The first-order valence-corrected chi connectivity index (χ1v) is 10.2. The highest BCUT2D eigenvalue weighted by molar-refractivity contribution is 5.72. The van der Waals surface area contributed by atoms with Crippen molar-refractivity contribution in [2.75, 3.05) is 31.1 Å². The lowest BCUT2D eigenvalue weighted by molar-refractivity contribution is 0.249. The van der Waals surface area contributed by atoms with E-state index in [2.05, 4.69) is 45.1 Å². The predicted octanol–water partition coefficient (Wildman–Crippen LogP) is 3.59. The van der Waals surface area contributed by atoms with Gasteiger partial charge in [0.15, 0.2) is 11.5 Å². The van der Waals surface area contributed by atoms with Crippen molar-refractivity contribution < 1.29 is 0 Å². The molecule has 0 bridgehead atoms. The van der Waals surface area contributed by atoms with Gasteiger partial charge in [-0.2, -0.15) is 5.26 Å². The molecule has 0 atom stereocenters. The summed E-state index contributed by atoms with van der Waals surface area (Å²) >= 11 is 0. The lowest BCUT2D eigenvalue weighted by Crippen LogP contribution is -2.46. The van der Waals surface area contributed by atoms with Crippen molar-refractivity contribution in [2.45, 2.75) is 6.54 Å². The Bertz CT molecular complexity index is 1190. The van der Waals surface area contributed by atoms with Gasteiger partial charge in [0, 0.05) is 44.5 Å². The van der Waals surface area contributed by atoms with Gasteiger partial charge in [0.25, 0.3) is 0 Å². The smallest absolute Gasteiger partial charge is 0.175 e. The maximum Gasteiger partial charge on any atom is 0.175 e. The van der Waals surface area contributed by atoms with Gasteiger partial charge in [0.2, 0.25) is 0 Å². The molecule has 1 fully saturated rings. The van der Waals surface area contributed by atoms with E-state index in [4.69, 9.17) is 5.10 Å². The molecule has 1 aliphatic rings. The minimum atomic E-state index is 0.546. The summed E-state index contributed by atoms with van der Waals surface area (Å²) in [6, 6.07) is 24.9. The van der Waals surface area contributed by atoms with Crippen molar-refractivity contribution in [3.8, 4) is 17.3 Å². The molecule has 1 saturated heterocycles. The number of fused-ring (bicyclic) bond motifs is 1.